The normalized spacial score (nSPS) is 19.1. The van der Waals surface area contributed by atoms with Crippen LogP contribution in [0.5, 0.6) is 0 Å². The summed E-state index contributed by atoms with van der Waals surface area (Å²) in [6.07, 6.45) is 14.3. The van der Waals surface area contributed by atoms with Gasteiger partial charge in [0.25, 0.3) is 0 Å². The number of hydrogen-bond donors (Lipinski definition) is 1. The lowest BCUT2D eigenvalue weighted by Gasteiger charge is -2.43. The first-order valence-corrected chi connectivity index (χ1v) is 28.4. The number of aromatic nitrogens is 2. The largest absolute Gasteiger partial charge is 0.353 e. The van der Waals surface area contributed by atoms with Gasteiger partial charge in [0.2, 0.25) is 0 Å². The highest BCUT2D eigenvalue weighted by Gasteiger charge is 2.50. The molecule has 0 bridgehead atoms. The van der Waals surface area contributed by atoms with E-state index in [1.165, 1.54) is 128 Å². The molecule has 4 heterocycles. The molecule has 0 fully saturated rings. The molecule has 1 N–H and O–H groups in total. The Balaban J connectivity index is 1.15. The number of fused-ring (bicyclic) bond motifs is 12. The molecule has 3 unspecified atom stereocenters. The lowest BCUT2D eigenvalue weighted by Crippen LogP contribution is -2.32. The zero-order chi connectivity index (χ0) is 53.5. The lowest BCUT2D eigenvalue weighted by atomic mass is 9.72. The van der Waals surface area contributed by atoms with E-state index in [0.717, 1.165) is 18.5 Å². The van der Waals surface area contributed by atoms with Crippen molar-refractivity contribution in [2.45, 2.75) is 151 Å². The van der Waals surface area contributed by atoms with Crippen molar-refractivity contribution in [3.63, 3.8) is 0 Å². The summed E-state index contributed by atoms with van der Waals surface area (Å²) in [6.45, 7) is 37.9. The molecule has 76 heavy (non-hydrogen) atoms. The highest BCUT2D eigenvalue weighted by molar-refractivity contribution is 6.05. The average Bonchev–Trinajstić information content (AvgIpc) is 4.00. The number of aromatic amines is 1. The molecule has 2 aliphatic heterocycles. The Hall–Kier alpha value is -6.78. The van der Waals surface area contributed by atoms with E-state index in [9.17, 15) is 0 Å². The summed E-state index contributed by atoms with van der Waals surface area (Å²) in [4.78, 5) is 9.37. The summed E-state index contributed by atoms with van der Waals surface area (Å²) in [6, 6.07) is 41.2. The Morgan fingerprint density at radius 3 is 1.91 bits per heavy atom. The van der Waals surface area contributed by atoms with Crippen molar-refractivity contribution in [2.24, 2.45) is 17.3 Å². The molecule has 3 atom stereocenters. The van der Waals surface area contributed by atoms with Crippen molar-refractivity contribution in [2.75, 3.05) is 9.80 Å². The summed E-state index contributed by atoms with van der Waals surface area (Å²) in [7, 11) is 0. The molecule has 0 spiro atoms. The number of hydrogen-bond acceptors (Lipinski definition) is 2. The Morgan fingerprint density at radius 1 is 0.618 bits per heavy atom. The fourth-order valence-electron chi connectivity index (χ4n) is 14.2. The molecule has 13 rings (SSSR count). The van der Waals surface area contributed by atoms with Gasteiger partial charge in [-0.15, -0.1) is 0 Å². The molecule has 4 heteroatoms. The van der Waals surface area contributed by atoms with Gasteiger partial charge in [-0.25, -0.2) is 0 Å². The second-order valence-corrected chi connectivity index (χ2v) is 28.1. The number of H-pyrrole nitrogens is 1. The molecule has 0 radical (unpaired) electrons. The van der Waals surface area contributed by atoms with E-state index in [2.05, 4.69) is 264 Å². The van der Waals surface area contributed by atoms with E-state index in [1.807, 2.05) is 0 Å². The van der Waals surface area contributed by atoms with Crippen LogP contribution in [0.15, 0.2) is 121 Å². The molecular formula is C72H78N4. The van der Waals surface area contributed by atoms with Crippen molar-refractivity contribution in [3.8, 4) is 5.69 Å². The van der Waals surface area contributed by atoms with Crippen LogP contribution in [-0.2, 0) is 21.7 Å². The summed E-state index contributed by atoms with van der Waals surface area (Å²) in [5, 5.41) is 5.25. The van der Waals surface area contributed by atoms with Crippen molar-refractivity contribution in [1.29, 1.82) is 0 Å². The Morgan fingerprint density at radius 2 is 1.26 bits per heavy atom. The summed E-state index contributed by atoms with van der Waals surface area (Å²) >= 11 is 0. The fraction of sp³-hybridized carbons (Fsp3) is 0.361. The first-order valence-electron chi connectivity index (χ1n) is 28.4. The zero-order valence-corrected chi connectivity index (χ0v) is 48.2. The molecule has 0 amide bonds. The molecule has 2 aromatic heterocycles. The molecule has 8 aromatic rings. The van der Waals surface area contributed by atoms with Gasteiger partial charge in [-0.2, -0.15) is 0 Å². The number of nitrogens with one attached hydrogen (secondary N) is 1. The van der Waals surface area contributed by atoms with Gasteiger partial charge in [-0.05, 0) is 158 Å². The molecule has 4 nitrogen and oxygen atoms in total. The van der Waals surface area contributed by atoms with E-state index >= 15 is 0 Å². The second kappa shape index (κ2) is 16.1. The minimum Gasteiger partial charge on any atom is -0.353 e. The number of allylic oxidation sites excluding steroid dienone is 4. The second-order valence-electron chi connectivity index (χ2n) is 28.1. The standard InChI is InChI=1S/C72H78N4/c1-41-35-43(68(3,4)5)28-33-56(41)74(57-34-29-44(36-42(57)2)69(6,7)8)47-30-32-51-59(40-47)75(58-26-20-22-49-48-31-27-45(70(9,10)11)37-55(48)73-65(49)58)60-38-46(71(12,13)14)39-61-63(60)62(51)52-23-19-24-53-64-67(76(61)66(52)53)50-21-17-18-25-54(50)72(64,15)16/h17-24,26,28-40,45,54,62,73H,25,27H2,1-16H3. The quantitative estimate of drug-likeness (QED) is 0.190. The van der Waals surface area contributed by atoms with Gasteiger partial charge in [0.05, 0.1) is 39.5 Å². The van der Waals surface area contributed by atoms with Crippen molar-refractivity contribution >= 4 is 73.7 Å². The van der Waals surface area contributed by atoms with E-state index in [1.54, 1.807) is 0 Å². The topological polar surface area (TPSA) is 27.2 Å². The Kier molecular flexibility index (Phi) is 10.4. The van der Waals surface area contributed by atoms with E-state index < -0.39 is 0 Å². The number of rotatable bonds is 4. The minimum absolute atomic E-state index is 0.00371. The van der Waals surface area contributed by atoms with Gasteiger partial charge in [-0.3, -0.25) is 0 Å². The number of nitrogens with zero attached hydrogens (tertiary/aromatic N) is 3. The lowest BCUT2D eigenvalue weighted by molar-refractivity contribution is 0.314. The van der Waals surface area contributed by atoms with Crippen molar-refractivity contribution in [1.82, 2.24) is 9.55 Å². The maximum Gasteiger partial charge on any atom is 0.0709 e. The Labute approximate surface area is 452 Å². The van der Waals surface area contributed by atoms with Gasteiger partial charge in [0.15, 0.2) is 0 Å². The van der Waals surface area contributed by atoms with Crippen molar-refractivity contribution in [3.05, 3.63) is 188 Å². The highest BCUT2D eigenvalue weighted by atomic mass is 15.2. The summed E-state index contributed by atoms with van der Waals surface area (Å²) in [5.74, 6) is 0.879. The van der Waals surface area contributed by atoms with Crippen LogP contribution in [0.4, 0.5) is 34.1 Å². The maximum absolute atomic E-state index is 4.13. The highest BCUT2D eigenvalue weighted by Crippen LogP contribution is 2.63. The monoisotopic (exact) mass is 999 g/mol. The van der Waals surface area contributed by atoms with Gasteiger partial charge >= 0.3 is 0 Å². The number of anilines is 6. The smallest absolute Gasteiger partial charge is 0.0709 e. The van der Waals surface area contributed by atoms with Crippen LogP contribution in [0.3, 0.4) is 0 Å². The van der Waals surface area contributed by atoms with E-state index in [4.69, 9.17) is 0 Å². The SMILES string of the molecule is Cc1cc(C(C)(C)C)ccc1N(c1ccc2c(c1)N(c1cccc3c4c([nH]c13)=CC(C(C)(C)C)CC=4)c1cc(C(C)(C)C)cc3c1C2c1cccc2c4c(n-3c12)C1=CC=CCC1C4(C)C)c1ccc(C(C)(C)C)cc1C. The van der Waals surface area contributed by atoms with Gasteiger partial charge in [-0.1, -0.05) is 188 Å². The number of aryl methyl sites for hydroxylation is 2. The van der Waals surface area contributed by atoms with E-state index in [0.29, 0.717) is 11.8 Å². The first-order chi connectivity index (χ1) is 35.8. The summed E-state index contributed by atoms with van der Waals surface area (Å²) in [5.41, 5.74) is 26.1. The third-order valence-electron chi connectivity index (χ3n) is 18.7. The average molecular weight is 999 g/mol. The number of benzene rings is 6. The molecule has 6 aromatic carbocycles. The van der Waals surface area contributed by atoms with Crippen LogP contribution in [-0.4, -0.2) is 9.55 Å². The predicted molar refractivity (Wildman–Crippen MR) is 325 cm³/mol. The van der Waals surface area contributed by atoms with E-state index in [-0.39, 0.29) is 33.0 Å². The first kappa shape index (κ1) is 48.8. The van der Waals surface area contributed by atoms with Crippen molar-refractivity contribution < 1.29 is 0 Å². The molecule has 0 saturated carbocycles. The third kappa shape index (κ3) is 7.07. The zero-order valence-electron chi connectivity index (χ0n) is 48.2. The van der Waals surface area contributed by atoms with Gasteiger partial charge < -0.3 is 19.4 Å². The number of para-hydroxylation sites is 2. The van der Waals surface area contributed by atoms with Crippen LogP contribution >= 0.6 is 0 Å². The van der Waals surface area contributed by atoms with Gasteiger partial charge in [0, 0.05) is 49.9 Å². The molecule has 0 saturated heterocycles. The Bertz CT molecular complexity index is 3930. The molecule has 386 valence electrons. The molecule has 5 aliphatic rings. The van der Waals surface area contributed by atoms with Crippen LogP contribution in [0.2, 0.25) is 0 Å². The van der Waals surface area contributed by atoms with Gasteiger partial charge in [0.1, 0.15) is 0 Å². The third-order valence-corrected chi connectivity index (χ3v) is 18.7. The fourth-order valence-corrected chi connectivity index (χ4v) is 14.2. The summed E-state index contributed by atoms with van der Waals surface area (Å²) < 4.78 is 2.75. The van der Waals surface area contributed by atoms with Crippen LogP contribution in [0.1, 0.15) is 171 Å². The van der Waals surface area contributed by atoms with Crippen LogP contribution < -0.4 is 20.4 Å². The molecule has 3 aliphatic carbocycles. The minimum atomic E-state index is -0.135. The maximum atomic E-state index is 4.13. The predicted octanol–water partition coefficient (Wildman–Crippen LogP) is 18.2. The van der Waals surface area contributed by atoms with Crippen LogP contribution in [0, 0.1) is 31.1 Å². The van der Waals surface area contributed by atoms with Crippen LogP contribution in [0.25, 0.3) is 45.2 Å². The molecular weight excluding hydrogens is 921 g/mol.